The van der Waals surface area contributed by atoms with Gasteiger partial charge in [-0.05, 0) is 45.2 Å². The van der Waals surface area contributed by atoms with Gasteiger partial charge in [-0.3, -0.25) is 0 Å². The zero-order valence-corrected chi connectivity index (χ0v) is 23.8. The molecule has 3 rings (SSSR count). The van der Waals surface area contributed by atoms with Gasteiger partial charge in [-0.1, -0.05) is 27.7 Å². The minimum absolute atomic E-state index is 0.0490. The molecule has 2 fully saturated rings. The van der Waals surface area contributed by atoms with Crippen LogP contribution in [0.25, 0.3) is 0 Å². The molecule has 1 saturated carbocycles. The van der Waals surface area contributed by atoms with Crippen molar-refractivity contribution in [1.82, 2.24) is 5.32 Å². The summed E-state index contributed by atoms with van der Waals surface area (Å²) < 4.78 is 49.8. The van der Waals surface area contributed by atoms with Crippen LogP contribution in [0.1, 0.15) is 60.3 Å². The first-order valence-electron chi connectivity index (χ1n) is 13.6. The van der Waals surface area contributed by atoms with Crippen molar-refractivity contribution in [2.75, 3.05) is 25.2 Å². The first-order valence-corrected chi connectivity index (χ1v) is 15.4. The normalized spacial score (nSPS) is 43.2. The number of aliphatic hydroxyl groups is 3. The highest BCUT2D eigenvalue weighted by Crippen LogP contribution is 2.39. The fraction of sp³-hybridized carbons (Fsp3) is 0.923. The smallest absolute Gasteiger partial charge is 0.202 e. The van der Waals surface area contributed by atoms with E-state index in [1.165, 1.54) is 0 Å². The van der Waals surface area contributed by atoms with E-state index in [0.29, 0.717) is 12.8 Å². The third-order valence-corrected chi connectivity index (χ3v) is 9.84. The molecule has 1 aliphatic carbocycles. The first kappa shape index (κ1) is 30.7. The van der Waals surface area contributed by atoms with Crippen molar-refractivity contribution < 1.29 is 42.7 Å². The molecule has 0 aromatic carbocycles. The van der Waals surface area contributed by atoms with Crippen LogP contribution in [-0.2, 0) is 28.8 Å². The van der Waals surface area contributed by atoms with Crippen LogP contribution in [0, 0.1) is 17.8 Å². The fourth-order valence-electron chi connectivity index (χ4n) is 5.84. The topological polar surface area (TPSA) is 144 Å². The molecule has 11 atom stereocenters. The number of sulfone groups is 1. The molecule has 2 heterocycles. The summed E-state index contributed by atoms with van der Waals surface area (Å²) in [4.78, 5) is 0. The SMILES string of the molecule is CCCS(=O)(=O)C[C@@H]1C[C@H](C)[C@@H](O[C@H]2OC(CC)=CC[C@H]2C)[C@H](O)[C@H]1O[C@H]1OC[C@](C)(O)[C@H](NC)[C@H]1O. The molecular formula is C26H47NO9S. The van der Waals surface area contributed by atoms with Crippen molar-refractivity contribution in [3.05, 3.63) is 11.8 Å². The summed E-state index contributed by atoms with van der Waals surface area (Å²) in [6.07, 6.45) is -1.21. The molecule has 10 nitrogen and oxygen atoms in total. The van der Waals surface area contributed by atoms with Crippen LogP contribution in [-0.4, -0.2) is 97.5 Å². The van der Waals surface area contributed by atoms with E-state index >= 15 is 0 Å². The van der Waals surface area contributed by atoms with Crippen LogP contribution in [0.2, 0.25) is 0 Å². The summed E-state index contributed by atoms with van der Waals surface area (Å²) in [6, 6.07) is -0.740. The van der Waals surface area contributed by atoms with Crippen LogP contribution < -0.4 is 5.32 Å². The molecule has 3 aliphatic rings. The average molecular weight is 550 g/mol. The summed E-state index contributed by atoms with van der Waals surface area (Å²) in [5.74, 6) is 0.150. The van der Waals surface area contributed by atoms with Crippen molar-refractivity contribution >= 4 is 9.84 Å². The number of allylic oxidation sites excluding steroid dienone is 2. The van der Waals surface area contributed by atoms with Gasteiger partial charge in [-0.15, -0.1) is 0 Å². The number of aliphatic hydroxyl groups excluding tert-OH is 2. The van der Waals surface area contributed by atoms with E-state index in [2.05, 4.69) is 11.4 Å². The van der Waals surface area contributed by atoms with E-state index in [1.54, 1.807) is 14.0 Å². The summed E-state index contributed by atoms with van der Waals surface area (Å²) in [7, 11) is -1.76. The Labute approximate surface area is 221 Å². The summed E-state index contributed by atoms with van der Waals surface area (Å²) in [6.45, 7) is 9.24. The Morgan fingerprint density at radius 3 is 2.41 bits per heavy atom. The third-order valence-electron chi connectivity index (χ3n) is 7.88. The summed E-state index contributed by atoms with van der Waals surface area (Å²) >= 11 is 0. The molecule has 0 radical (unpaired) electrons. The van der Waals surface area contributed by atoms with Gasteiger partial charge < -0.3 is 39.6 Å². The zero-order chi connectivity index (χ0) is 27.5. The molecule has 0 amide bonds. The minimum Gasteiger partial charge on any atom is -0.469 e. The quantitative estimate of drug-likeness (QED) is 0.315. The predicted octanol–water partition coefficient (Wildman–Crippen LogP) is 1.33. The number of hydrogen-bond acceptors (Lipinski definition) is 10. The van der Waals surface area contributed by atoms with Crippen molar-refractivity contribution in [3.8, 4) is 0 Å². The second-order valence-electron chi connectivity index (χ2n) is 11.3. The van der Waals surface area contributed by atoms with Gasteiger partial charge in [-0.25, -0.2) is 8.42 Å². The van der Waals surface area contributed by atoms with Crippen LogP contribution in [0.5, 0.6) is 0 Å². The zero-order valence-electron chi connectivity index (χ0n) is 23.0. The van der Waals surface area contributed by atoms with Crippen LogP contribution in [0.15, 0.2) is 11.8 Å². The molecular weight excluding hydrogens is 502 g/mol. The van der Waals surface area contributed by atoms with Gasteiger partial charge in [0.15, 0.2) is 16.1 Å². The van der Waals surface area contributed by atoms with E-state index in [9.17, 15) is 23.7 Å². The molecule has 11 heteroatoms. The Hall–Kier alpha value is -0.790. The lowest BCUT2D eigenvalue weighted by molar-refractivity contribution is -0.311. The molecule has 4 N–H and O–H groups in total. The molecule has 37 heavy (non-hydrogen) atoms. The maximum atomic E-state index is 12.8. The fourth-order valence-corrected chi connectivity index (χ4v) is 7.61. The number of rotatable bonds is 10. The number of ether oxygens (including phenoxy) is 4. The van der Waals surface area contributed by atoms with Crippen molar-refractivity contribution in [2.45, 2.75) is 109 Å². The molecule has 0 aromatic rings. The second-order valence-corrected chi connectivity index (χ2v) is 13.5. The molecule has 2 aliphatic heterocycles. The summed E-state index contributed by atoms with van der Waals surface area (Å²) in [5.41, 5.74) is -1.33. The van der Waals surface area contributed by atoms with Crippen molar-refractivity contribution in [1.29, 1.82) is 0 Å². The van der Waals surface area contributed by atoms with Gasteiger partial charge in [0, 0.05) is 24.0 Å². The highest BCUT2D eigenvalue weighted by atomic mass is 32.2. The highest BCUT2D eigenvalue weighted by molar-refractivity contribution is 7.91. The molecule has 0 bridgehead atoms. The second kappa shape index (κ2) is 12.6. The maximum Gasteiger partial charge on any atom is 0.202 e. The predicted molar refractivity (Wildman–Crippen MR) is 138 cm³/mol. The number of nitrogens with one attached hydrogen (secondary N) is 1. The van der Waals surface area contributed by atoms with Gasteiger partial charge in [0.1, 0.15) is 17.8 Å². The van der Waals surface area contributed by atoms with Crippen LogP contribution in [0.3, 0.4) is 0 Å². The van der Waals surface area contributed by atoms with Gasteiger partial charge in [0.25, 0.3) is 0 Å². The molecule has 0 aromatic heterocycles. The Morgan fingerprint density at radius 2 is 1.78 bits per heavy atom. The Balaban J connectivity index is 1.84. The van der Waals surface area contributed by atoms with Crippen LogP contribution in [0.4, 0.5) is 0 Å². The standard InChI is InChI=1S/C26H47NO9S/c1-7-11-37(31,32)13-17-12-16(4)21(35-24-15(3)9-10-18(8-2)34-24)19(28)22(17)36-25-20(29)23(27-6)26(5,30)14-33-25/h10,15-17,19-25,27-30H,7-9,11-14H2,1-6H3/t15-,16+,17+,19+,20-,21-,22+,23-,24-,25-,26+/m1/s1. The van der Waals surface area contributed by atoms with E-state index in [1.807, 2.05) is 27.7 Å². The van der Waals surface area contributed by atoms with Gasteiger partial charge >= 0.3 is 0 Å². The molecule has 0 spiro atoms. The number of likely N-dealkylation sites (N-methyl/N-ethyl adjacent to an activating group) is 1. The van der Waals surface area contributed by atoms with Gasteiger partial charge in [0.05, 0.1) is 36.4 Å². The molecule has 0 unspecified atom stereocenters. The van der Waals surface area contributed by atoms with Crippen molar-refractivity contribution in [3.63, 3.8) is 0 Å². The minimum atomic E-state index is -3.38. The van der Waals surface area contributed by atoms with Crippen molar-refractivity contribution in [2.24, 2.45) is 17.8 Å². The van der Waals surface area contributed by atoms with E-state index < -0.39 is 64.4 Å². The Kier molecular flexibility index (Phi) is 10.5. The summed E-state index contributed by atoms with van der Waals surface area (Å²) in [5, 5.41) is 36.0. The van der Waals surface area contributed by atoms with Gasteiger partial charge in [-0.2, -0.15) is 0 Å². The lowest BCUT2D eigenvalue weighted by Crippen LogP contribution is -2.66. The molecule has 1 saturated heterocycles. The largest absolute Gasteiger partial charge is 0.469 e. The third kappa shape index (κ3) is 7.25. The highest BCUT2D eigenvalue weighted by Gasteiger charge is 2.51. The maximum absolute atomic E-state index is 12.8. The first-order chi connectivity index (χ1) is 17.3. The molecule has 216 valence electrons. The van der Waals surface area contributed by atoms with E-state index in [4.69, 9.17) is 18.9 Å². The number of hydrogen-bond donors (Lipinski definition) is 4. The lowest BCUT2D eigenvalue weighted by atomic mass is 9.77. The monoisotopic (exact) mass is 549 g/mol. The van der Waals surface area contributed by atoms with Crippen LogP contribution >= 0.6 is 0 Å². The average Bonchev–Trinajstić information content (AvgIpc) is 2.81. The van der Waals surface area contributed by atoms with E-state index in [0.717, 1.165) is 18.6 Å². The lowest BCUT2D eigenvalue weighted by Gasteiger charge is -2.49. The van der Waals surface area contributed by atoms with Gasteiger partial charge in [0.2, 0.25) is 6.29 Å². The Bertz CT molecular complexity index is 879. The Morgan fingerprint density at radius 1 is 1.11 bits per heavy atom. The van der Waals surface area contributed by atoms with E-state index in [-0.39, 0.29) is 29.9 Å².